The first-order valence-electron chi connectivity index (χ1n) is 9.79. The fourth-order valence-corrected chi connectivity index (χ4v) is 4.76. The molecule has 3 rings (SSSR count). The standard InChI is InChI=1S/C20H31FN2O3S/c1-15(2)19-13-22(17-5-4-6-18(11-17)27(3,24)25)9-10-23(19)12-16-7-8-20(21)26-14-16/h4-6,11,15-16,19-20H,7-10,12-14H2,1-3H3/t16-,19+,20?/m0/s1. The summed E-state index contributed by atoms with van der Waals surface area (Å²) in [5, 5.41) is 0. The van der Waals surface area contributed by atoms with E-state index >= 15 is 0 Å². The molecular weight excluding hydrogens is 367 g/mol. The molecule has 152 valence electrons. The summed E-state index contributed by atoms with van der Waals surface area (Å²) in [4.78, 5) is 5.16. The van der Waals surface area contributed by atoms with Crippen molar-refractivity contribution in [3.05, 3.63) is 24.3 Å². The maximum atomic E-state index is 13.2. The third-order valence-electron chi connectivity index (χ3n) is 5.72. The molecule has 1 unspecified atom stereocenters. The minimum Gasteiger partial charge on any atom is -0.369 e. The summed E-state index contributed by atoms with van der Waals surface area (Å²) in [6, 6.07) is 7.60. The van der Waals surface area contributed by atoms with Gasteiger partial charge >= 0.3 is 0 Å². The third kappa shape index (κ3) is 5.21. The average Bonchev–Trinajstić information content (AvgIpc) is 2.63. The van der Waals surface area contributed by atoms with Crippen LogP contribution >= 0.6 is 0 Å². The van der Waals surface area contributed by atoms with Crippen LogP contribution in [0.5, 0.6) is 0 Å². The van der Waals surface area contributed by atoms with Crippen molar-refractivity contribution in [1.82, 2.24) is 4.90 Å². The van der Waals surface area contributed by atoms with Gasteiger partial charge in [0.25, 0.3) is 0 Å². The van der Waals surface area contributed by atoms with Crippen molar-refractivity contribution in [2.75, 3.05) is 43.9 Å². The Balaban J connectivity index is 1.69. The number of ether oxygens (including phenoxy) is 1. The molecule has 2 aliphatic heterocycles. The van der Waals surface area contributed by atoms with Crippen LogP contribution in [0.4, 0.5) is 10.1 Å². The normalized spacial score (nSPS) is 27.9. The second kappa shape index (κ2) is 8.45. The van der Waals surface area contributed by atoms with E-state index in [2.05, 4.69) is 23.6 Å². The maximum absolute atomic E-state index is 13.2. The fourth-order valence-electron chi connectivity index (χ4n) is 4.10. The first kappa shape index (κ1) is 20.6. The van der Waals surface area contributed by atoms with Gasteiger partial charge in [-0.25, -0.2) is 12.8 Å². The highest BCUT2D eigenvalue weighted by molar-refractivity contribution is 7.90. The molecule has 0 amide bonds. The summed E-state index contributed by atoms with van der Waals surface area (Å²) in [5.74, 6) is 0.864. The fraction of sp³-hybridized carbons (Fsp3) is 0.700. The van der Waals surface area contributed by atoms with Crippen LogP contribution in [0, 0.1) is 11.8 Å². The Bertz CT molecular complexity index is 732. The summed E-state index contributed by atoms with van der Waals surface area (Å²) in [5.41, 5.74) is 0.962. The summed E-state index contributed by atoms with van der Waals surface area (Å²) in [6.45, 7) is 8.53. The van der Waals surface area contributed by atoms with Crippen molar-refractivity contribution >= 4 is 15.5 Å². The number of sulfone groups is 1. The van der Waals surface area contributed by atoms with Crippen LogP contribution in [-0.2, 0) is 14.6 Å². The molecule has 0 spiro atoms. The monoisotopic (exact) mass is 398 g/mol. The van der Waals surface area contributed by atoms with Crippen molar-refractivity contribution < 1.29 is 17.5 Å². The number of benzene rings is 1. The largest absolute Gasteiger partial charge is 0.369 e. The highest BCUT2D eigenvalue weighted by atomic mass is 32.2. The molecule has 0 saturated carbocycles. The zero-order chi connectivity index (χ0) is 19.6. The summed E-state index contributed by atoms with van der Waals surface area (Å²) >= 11 is 0. The second-order valence-corrected chi connectivity index (χ2v) is 10.2. The molecule has 1 aromatic carbocycles. The number of nitrogens with zero attached hydrogens (tertiary/aromatic N) is 2. The van der Waals surface area contributed by atoms with Crippen molar-refractivity contribution in [3.63, 3.8) is 0 Å². The Morgan fingerprint density at radius 1 is 1.26 bits per heavy atom. The van der Waals surface area contributed by atoms with Crippen LogP contribution < -0.4 is 4.90 Å². The number of rotatable bonds is 5. The van der Waals surface area contributed by atoms with Crippen molar-refractivity contribution in [3.8, 4) is 0 Å². The van der Waals surface area contributed by atoms with E-state index in [4.69, 9.17) is 4.74 Å². The summed E-state index contributed by atoms with van der Waals surface area (Å²) < 4.78 is 42.2. The number of hydrogen-bond donors (Lipinski definition) is 0. The van der Waals surface area contributed by atoms with Crippen LogP contribution in [-0.4, -0.2) is 64.8 Å². The smallest absolute Gasteiger partial charge is 0.198 e. The van der Waals surface area contributed by atoms with Crippen molar-refractivity contribution in [2.45, 2.75) is 44.0 Å². The van der Waals surface area contributed by atoms with E-state index in [9.17, 15) is 12.8 Å². The molecule has 0 aliphatic carbocycles. The number of hydrogen-bond acceptors (Lipinski definition) is 5. The van der Waals surface area contributed by atoms with E-state index in [0.717, 1.165) is 38.3 Å². The van der Waals surface area contributed by atoms with Gasteiger partial charge in [-0.1, -0.05) is 19.9 Å². The zero-order valence-electron chi connectivity index (χ0n) is 16.5. The van der Waals surface area contributed by atoms with Crippen LogP contribution in [0.3, 0.4) is 0 Å². The molecule has 0 N–H and O–H groups in total. The Morgan fingerprint density at radius 3 is 2.67 bits per heavy atom. The number of anilines is 1. The Kier molecular flexibility index (Phi) is 6.43. The van der Waals surface area contributed by atoms with Gasteiger partial charge < -0.3 is 9.64 Å². The van der Waals surface area contributed by atoms with Crippen LogP contribution in [0.2, 0.25) is 0 Å². The lowest BCUT2D eigenvalue weighted by Crippen LogP contribution is -2.56. The highest BCUT2D eigenvalue weighted by Gasteiger charge is 2.32. The third-order valence-corrected chi connectivity index (χ3v) is 6.83. The van der Waals surface area contributed by atoms with E-state index < -0.39 is 16.2 Å². The lowest BCUT2D eigenvalue weighted by atomic mass is 9.95. The van der Waals surface area contributed by atoms with Gasteiger partial charge in [0.2, 0.25) is 0 Å². The van der Waals surface area contributed by atoms with Gasteiger partial charge in [0.15, 0.2) is 16.2 Å². The molecule has 0 bridgehead atoms. The number of piperazine rings is 1. The van der Waals surface area contributed by atoms with Crippen LogP contribution in [0.1, 0.15) is 26.7 Å². The molecule has 27 heavy (non-hydrogen) atoms. The molecule has 0 radical (unpaired) electrons. The molecule has 2 saturated heterocycles. The number of alkyl halides is 1. The van der Waals surface area contributed by atoms with Gasteiger partial charge in [0.1, 0.15) is 0 Å². The van der Waals surface area contributed by atoms with Gasteiger partial charge in [-0.05, 0) is 36.5 Å². The van der Waals surface area contributed by atoms with Gasteiger partial charge in [0, 0.05) is 50.6 Å². The second-order valence-electron chi connectivity index (χ2n) is 8.21. The molecule has 1 aromatic rings. The Morgan fingerprint density at radius 2 is 2.04 bits per heavy atom. The first-order chi connectivity index (χ1) is 12.7. The van der Waals surface area contributed by atoms with E-state index in [-0.39, 0.29) is 0 Å². The SMILES string of the molecule is CC(C)[C@H]1CN(c2cccc(S(C)(=O)=O)c2)CCN1C[C@@H]1CCC(F)OC1. The van der Waals surface area contributed by atoms with Gasteiger partial charge in [-0.2, -0.15) is 0 Å². The van der Waals surface area contributed by atoms with Gasteiger partial charge in [-0.3, -0.25) is 4.90 Å². The lowest BCUT2D eigenvalue weighted by molar-refractivity contribution is -0.0964. The minimum atomic E-state index is -3.21. The number of halogens is 1. The molecule has 2 heterocycles. The molecule has 7 heteroatoms. The van der Waals surface area contributed by atoms with Gasteiger partial charge in [-0.15, -0.1) is 0 Å². The topological polar surface area (TPSA) is 49.9 Å². The Hall–Kier alpha value is -1.18. The predicted molar refractivity (Wildman–Crippen MR) is 106 cm³/mol. The average molecular weight is 399 g/mol. The molecule has 2 fully saturated rings. The first-order valence-corrected chi connectivity index (χ1v) is 11.7. The maximum Gasteiger partial charge on any atom is 0.198 e. The van der Waals surface area contributed by atoms with Crippen molar-refractivity contribution in [1.29, 1.82) is 0 Å². The Labute approximate surface area is 162 Å². The van der Waals surface area contributed by atoms with Crippen LogP contribution in [0.25, 0.3) is 0 Å². The zero-order valence-corrected chi connectivity index (χ0v) is 17.3. The van der Waals surface area contributed by atoms with E-state index in [1.807, 2.05) is 12.1 Å². The van der Waals surface area contributed by atoms with E-state index in [1.54, 1.807) is 12.1 Å². The molecule has 0 aromatic heterocycles. The summed E-state index contributed by atoms with van der Waals surface area (Å²) in [7, 11) is -3.21. The summed E-state index contributed by atoms with van der Waals surface area (Å²) in [6.07, 6.45) is 1.52. The van der Waals surface area contributed by atoms with E-state index in [0.29, 0.717) is 35.8 Å². The highest BCUT2D eigenvalue weighted by Crippen LogP contribution is 2.27. The minimum absolute atomic E-state index is 0.364. The quantitative estimate of drug-likeness (QED) is 0.763. The predicted octanol–water partition coefficient (Wildman–Crippen LogP) is 2.96. The van der Waals surface area contributed by atoms with Crippen LogP contribution in [0.15, 0.2) is 29.2 Å². The van der Waals surface area contributed by atoms with Crippen molar-refractivity contribution in [2.24, 2.45) is 11.8 Å². The molecule has 3 atom stereocenters. The molecule has 5 nitrogen and oxygen atoms in total. The van der Waals surface area contributed by atoms with Gasteiger partial charge in [0.05, 0.1) is 11.5 Å². The molecular formula is C20H31FN2O3S. The molecule has 2 aliphatic rings. The van der Waals surface area contributed by atoms with E-state index in [1.165, 1.54) is 6.26 Å². The lowest BCUT2D eigenvalue weighted by Gasteiger charge is -2.46.